The van der Waals surface area contributed by atoms with Crippen LogP contribution in [-0.4, -0.2) is 18.8 Å². The predicted octanol–water partition coefficient (Wildman–Crippen LogP) is 6.20. The molecule has 0 saturated carbocycles. The van der Waals surface area contributed by atoms with Crippen molar-refractivity contribution < 1.29 is 22.0 Å². The molecule has 8 heteroatoms. The maximum Gasteiger partial charge on any atom is 0.426 e. The normalized spacial score (nSPS) is 24.7. The first-order valence-corrected chi connectivity index (χ1v) is 9.51. The standard InChI is InChI=1S/C22H22F5N.2ClH/c1-20(24,22(25,26)27)16-5-8-18-15(12-16)4-9-19-21(18,10-11-28-19)13-14-2-6-17(23)7-3-14;;/h2-3,5-8,12,19,28H,4,9-11,13H2,1H3;2*1H. The van der Waals surface area contributed by atoms with Crippen LogP contribution >= 0.6 is 24.8 Å². The summed E-state index contributed by atoms with van der Waals surface area (Å²) in [5, 5.41) is 3.51. The molecule has 2 aliphatic rings. The number of hydrogen-bond acceptors (Lipinski definition) is 1. The SMILES string of the molecule is CC(F)(c1ccc2c(c1)CCC1NCCC21Cc1ccc(F)cc1)C(F)(F)F.Cl.Cl. The first-order valence-electron chi connectivity index (χ1n) is 9.51. The molecule has 0 amide bonds. The summed E-state index contributed by atoms with van der Waals surface area (Å²) in [6, 6.07) is 10.9. The molecule has 0 aromatic heterocycles. The van der Waals surface area contributed by atoms with Crippen LogP contribution in [0.15, 0.2) is 42.5 Å². The Balaban J connectivity index is 0.00000160. The maximum atomic E-state index is 14.5. The lowest BCUT2D eigenvalue weighted by Crippen LogP contribution is -2.46. The number of alkyl halides is 4. The molecule has 0 spiro atoms. The molecule has 3 unspecified atom stereocenters. The molecule has 1 nitrogen and oxygen atoms in total. The van der Waals surface area contributed by atoms with Gasteiger partial charge in [-0.15, -0.1) is 24.8 Å². The van der Waals surface area contributed by atoms with E-state index in [0.29, 0.717) is 19.8 Å². The third kappa shape index (κ3) is 4.06. The maximum absolute atomic E-state index is 14.5. The zero-order chi connectivity index (χ0) is 20.2. The Hall–Kier alpha value is -1.37. The fourth-order valence-electron chi connectivity index (χ4n) is 4.85. The van der Waals surface area contributed by atoms with E-state index in [1.54, 1.807) is 18.2 Å². The molecule has 30 heavy (non-hydrogen) atoms. The third-order valence-corrected chi connectivity index (χ3v) is 6.48. The van der Waals surface area contributed by atoms with Gasteiger partial charge in [-0.3, -0.25) is 0 Å². The molecule has 1 N–H and O–H groups in total. The number of nitrogens with one attached hydrogen (secondary N) is 1. The number of benzene rings is 2. The molecule has 1 fully saturated rings. The summed E-state index contributed by atoms with van der Waals surface area (Å²) in [5.74, 6) is -0.301. The number of halogens is 7. The molecule has 2 aromatic carbocycles. The number of rotatable bonds is 3. The quantitative estimate of drug-likeness (QED) is 0.529. The Morgan fingerprint density at radius 3 is 2.33 bits per heavy atom. The van der Waals surface area contributed by atoms with E-state index in [9.17, 15) is 22.0 Å². The molecule has 1 aliphatic heterocycles. The number of hydrogen-bond donors (Lipinski definition) is 1. The van der Waals surface area contributed by atoms with Crippen LogP contribution < -0.4 is 5.32 Å². The van der Waals surface area contributed by atoms with E-state index >= 15 is 0 Å². The number of aryl methyl sites for hydroxylation is 1. The predicted molar refractivity (Wildman–Crippen MR) is 112 cm³/mol. The van der Waals surface area contributed by atoms with Gasteiger partial charge in [-0.1, -0.05) is 30.3 Å². The summed E-state index contributed by atoms with van der Waals surface area (Å²) < 4.78 is 67.2. The van der Waals surface area contributed by atoms with Crippen LogP contribution in [-0.2, 0) is 23.9 Å². The number of fused-ring (bicyclic) bond motifs is 3. The molecular weight excluding hydrogens is 444 g/mol. The van der Waals surface area contributed by atoms with Crippen molar-refractivity contribution in [3.63, 3.8) is 0 Å². The van der Waals surface area contributed by atoms with Gasteiger partial charge in [-0.2, -0.15) is 13.2 Å². The van der Waals surface area contributed by atoms with Crippen LogP contribution in [0.4, 0.5) is 22.0 Å². The van der Waals surface area contributed by atoms with Crippen LogP contribution in [0.5, 0.6) is 0 Å². The van der Waals surface area contributed by atoms with Crippen molar-refractivity contribution in [2.75, 3.05) is 6.54 Å². The second-order valence-corrected chi connectivity index (χ2v) is 8.13. The third-order valence-electron chi connectivity index (χ3n) is 6.48. The van der Waals surface area contributed by atoms with Gasteiger partial charge in [0.2, 0.25) is 5.67 Å². The van der Waals surface area contributed by atoms with E-state index in [-0.39, 0.29) is 47.7 Å². The molecule has 1 aliphatic carbocycles. The van der Waals surface area contributed by atoms with Crippen molar-refractivity contribution in [3.8, 4) is 0 Å². The largest absolute Gasteiger partial charge is 0.426 e. The smallest absolute Gasteiger partial charge is 0.313 e. The van der Waals surface area contributed by atoms with Gasteiger partial charge in [0.15, 0.2) is 0 Å². The second kappa shape index (κ2) is 8.64. The zero-order valence-corrected chi connectivity index (χ0v) is 18.0. The van der Waals surface area contributed by atoms with E-state index in [1.807, 2.05) is 0 Å². The summed E-state index contributed by atoms with van der Waals surface area (Å²) >= 11 is 0. The highest BCUT2D eigenvalue weighted by Crippen LogP contribution is 2.48. The van der Waals surface area contributed by atoms with E-state index < -0.39 is 11.8 Å². The zero-order valence-electron chi connectivity index (χ0n) is 16.4. The van der Waals surface area contributed by atoms with Gasteiger partial charge in [-0.25, -0.2) is 8.78 Å². The molecule has 4 rings (SSSR count). The van der Waals surface area contributed by atoms with Crippen molar-refractivity contribution in [2.45, 2.75) is 55.9 Å². The van der Waals surface area contributed by atoms with Crippen LogP contribution in [0.1, 0.15) is 42.0 Å². The lowest BCUT2D eigenvalue weighted by atomic mass is 9.63. The van der Waals surface area contributed by atoms with Gasteiger partial charge in [0.1, 0.15) is 5.82 Å². The summed E-state index contributed by atoms with van der Waals surface area (Å²) in [6.07, 6.45) is -2.05. The summed E-state index contributed by atoms with van der Waals surface area (Å²) in [5.41, 5.74) is -1.24. The van der Waals surface area contributed by atoms with Crippen molar-refractivity contribution in [1.82, 2.24) is 5.32 Å². The highest BCUT2D eigenvalue weighted by molar-refractivity contribution is 5.85. The van der Waals surface area contributed by atoms with E-state index in [4.69, 9.17) is 0 Å². The van der Waals surface area contributed by atoms with Crippen LogP contribution in [0.25, 0.3) is 0 Å². The van der Waals surface area contributed by atoms with Gasteiger partial charge >= 0.3 is 6.18 Å². The minimum Gasteiger partial charge on any atom is -0.313 e. The molecular formula is C22H24Cl2F5N. The first kappa shape index (κ1) is 24.9. The van der Waals surface area contributed by atoms with E-state index in [1.165, 1.54) is 24.3 Å². The van der Waals surface area contributed by atoms with Crippen LogP contribution in [0.2, 0.25) is 0 Å². The van der Waals surface area contributed by atoms with Gasteiger partial charge in [-0.05, 0) is 73.5 Å². The van der Waals surface area contributed by atoms with Crippen molar-refractivity contribution in [3.05, 3.63) is 70.5 Å². The van der Waals surface area contributed by atoms with Crippen molar-refractivity contribution in [2.24, 2.45) is 0 Å². The fraction of sp³-hybridized carbons (Fsp3) is 0.455. The van der Waals surface area contributed by atoms with E-state index in [0.717, 1.165) is 36.1 Å². The molecule has 1 heterocycles. The molecule has 1 saturated heterocycles. The van der Waals surface area contributed by atoms with Gasteiger partial charge in [0, 0.05) is 11.5 Å². The average Bonchev–Trinajstić information content (AvgIpc) is 3.06. The monoisotopic (exact) mass is 467 g/mol. The Morgan fingerprint density at radius 2 is 1.70 bits per heavy atom. The average molecular weight is 468 g/mol. The first-order chi connectivity index (χ1) is 13.1. The van der Waals surface area contributed by atoms with Crippen molar-refractivity contribution in [1.29, 1.82) is 0 Å². The Labute approximate surface area is 185 Å². The molecule has 166 valence electrons. The molecule has 0 bridgehead atoms. The molecule has 3 atom stereocenters. The summed E-state index contributed by atoms with van der Waals surface area (Å²) in [7, 11) is 0. The van der Waals surface area contributed by atoms with E-state index in [2.05, 4.69) is 5.32 Å². The minimum atomic E-state index is -4.96. The van der Waals surface area contributed by atoms with Gasteiger partial charge in [0.25, 0.3) is 0 Å². The Kier molecular flexibility index (Phi) is 7.17. The van der Waals surface area contributed by atoms with Crippen LogP contribution in [0.3, 0.4) is 0 Å². The second-order valence-electron chi connectivity index (χ2n) is 8.13. The lowest BCUT2D eigenvalue weighted by molar-refractivity contribution is -0.228. The lowest BCUT2D eigenvalue weighted by Gasteiger charge is -2.42. The minimum absolute atomic E-state index is 0. The Morgan fingerprint density at radius 1 is 1.03 bits per heavy atom. The van der Waals surface area contributed by atoms with Gasteiger partial charge < -0.3 is 5.32 Å². The van der Waals surface area contributed by atoms with Gasteiger partial charge in [0.05, 0.1) is 0 Å². The topological polar surface area (TPSA) is 12.0 Å². The molecule has 2 aromatic rings. The highest BCUT2D eigenvalue weighted by atomic mass is 35.5. The summed E-state index contributed by atoms with van der Waals surface area (Å²) in [4.78, 5) is 0. The molecule has 0 radical (unpaired) electrons. The van der Waals surface area contributed by atoms with Crippen LogP contribution in [0, 0.1) is 5.82 Å². The van der Waals surface area contributed by atoms with Crippen molar-refractivity contribution >= 4 is 24.8 Å². The highest BCUT2D eigenvalue weighted by Gasteiger charge is 2.54. The fourth-order valence-corrected chi connectivity index (χ4v) is 4.85. The summed E-state index contributed by atoms with van der Waals surface area (Å²) in [6.45, 7) is 1.39. The Bertz CT molecular complexity index is 882.